The molecule has 1 rings (SSSR count). The molecule has 0 aromatic carbocycles. The van der Waals surface area contributed by atoms with E-state index < -0.39 is 0 Å². The average Bonchev–Trinajstić information content (AvgIpc) is 2.26. The predicted molar refractivity (Wildman–Crippen MR) is 69.3 cm³/mol. The van der Waals surface area contributed by atoms with Crippen LogP contribution in [-0.4, -0.2) is 4.98 Å². The van der Waals surface area contributed by atoms with Gasteiger partial charge in [0.05, 0.1) is 0 Å². The highest BCUT2D eigenvalue weighted by molar-refractivity contribution is 7.71. The van der Waals surface area contributed by atoms with Gasteiger partial charge in [-0.2, -0.15) is 0 Å². The Morgan fingerprint density at radius 3 is 2.73 bits per heavy atom. The Morgan fingerprint density at radius 1 is 1.40 bits per heavy atom. The summed E-state index contributed by atoms with van der Waals surface area (Å²) in [6.07, 6.45) is 9.16. The average molecular weight is 219 g/mol. The third-order valence-electron chi connectivity index (χ3n) is 2.42. The summed E-state index contributed by atoms with van der Waals surface area (Å²) >= 11 is 5.25. The number of hydrogen-bond acceptors (Lipinski definition) is 1. The molecule has 0 saturated carbocycles. The largest absolute Gasteiger partial charge is 0.367 e. The van der Waals surface area contributed by atoms with Gasteiger partial charge in [-0.15, -0.1) is 0 Å². The van der Waals surface area contributed by atoms with Crippen LogP contribution in [0.1, 0.15) is 32.8 Å². The van der Waals surface area contributed by atoms with Gasteiger partial charge in [-0.05, 0) is 31.9 Å². The monoisotopic (exact) mass is 219 g/mol. The molecule has 0 atom stereocenters. The summed E-state index contributed by atoms with van der Waals surface area (Å²) in [7, 11) is 0. The second-order valence-electron chi connectivity index (χ2n) is 3.64. The van der Waals surface area contributed by atoms with Crippen LogP contribution in [0.2, 0.25) is 0 Å². The van der Waals surface area contributed by atoms with Gasteiger partial charge in [0.15, 0.2) is 0 Å². The molecule has 1 heterocycles. The van der Waals surface area contributed by atoms with Crippen LogP contribution < -0.4 is 0 Å². The molecule has 0 radical (unpaired) electrons. The first-order chi connectivity index (χ1) is 7.15. The van der Waals surface area contributed by atoms with E-state index >= 15 is 0 Å². The molecular weight excluding hydrogens is 202 g/mol. The van der Waals surface area contributed by atoms with E-state index in [1.165, 1.54) is 11.1 Å². The highest BCUT2D eigenvalue weighted by atomic mass is 32.1. The van der Waals surface area contributed by atoms with E-state index in [2.05, 4.69) is 37.9 Å². The van der Waals surface area contributed by atoms with Gasteiger partial charge < -0.3 is 4.98 Å². The Hall–Kier alpha value is -1.15. The van der Waals surface area contributed by atoms with Crippen molar-refractivity contribution in [3.63, 3.8) is 0 Å². The number of hydrogen-bond donors (Lipinski definition) is 1. The van der Waals surface area contributed by atoms with Crippen molar-refractivity contribution in [2.75, 3.05) is 0 Å². The highest BCUT2D eigenvalue weighted by Crippen LogP contribution is 2.14. The molecule has 0 aliphatic carbocycles. The summed E-state index contributed by atoms with van der Waals surface area (Å²) in [6.45, 7) is 6.37. The summed E-state index contributed by atoms with van der Waals surface area (Å²) in [4.78, 5) is 3.06. The minimum Gasteiger partial charge on any atom is -0.367 e. The van der Waals surface area contributed by atoms with Crippen molar-refractivity contribution in [2.24, 2.45) is 0 Å². The first-order valence-corrected chi connectivity index (χ1v) is 5.57. The molecular formula is C13H17NS. The number of aromatic amines is 1. The molecule has 1 N–H and O–H groups in total. The van der Waals surface area contributed by atoms with E-state index in [1.807, 2.05) is 18.5 Å². The number of nitrogens with one attached hydrogen (secondary N) is 1. The van der Waals surface area contributed by atoms with Gasteiger partial charge in [-0.1, -0.05) is 36.9 Å². The van der Waals surface area contributed by atoms with E-state index in [0.29, 0.717) is 0 Å². The van der Waals surface area contributed by atoms with Gasteiger partial charge in [0, 0.05) is 22.5 Å². The number of rotatable bonds is 3. The summed E-state index contributed by atoms with van der Waals surface area (Å²) in [5.41, 5.74) is 3.68. The lowest BCUT2D eigenvalue weighted by atomic mass is 10.1. The summed E-state index contributed by atoms with van der Waals surface area (Å²) in [5.74, 6) is 0. The molecule has 15 heavy (non-hydrogen) atoms. The zero-order valence-electron chi connectivity index (χ0n) is 9.50. The maximum absolute atomic E-state index is 5.25. The highest BCUT2D eigenvalue weighted by Gasteiger charge is 1.95. The number of aromatic nitrogens is 1. The van der Waals surface area contributed by atoms with Crippen molar-refractivity contribution in [3.8, 4) is 0 Å². The molecule has 0 aliphatic rings. The number of pyridine rings is 1. The van der Waals surface area contributed by atoms with Crippen molar-refractivity contribution in [2.45, 2.75) is 27.2 Å². The Morgan fingerprint density at radius 2 is 2.13 bits per heavy atom. The Labute approximate surface area is 96.6 Å². The van der Waals surface area contributed by atoms with Crippen LogP contribution in [0.15, 0.2) is 36.2 Å². The Kier molecular flexibility index (Phi) is 4.50. The molecule has 80 valence electrons. The van der Waals surface area contributed by atoms with Crippen LogP contribution in [0.25, 0.3) is 5.57 Å². The lowest BCUT2D eigenvalue weighted by Gasteiger charge is -2.00. The second kappa shape index (κ2) is 5.66. The molecule has 1 aromatic heterocycles. The van der Waals surface area contributed by atoms with Crippen LogP contribution in [-0.2, 0) is 0 Å². The lowest BCUT2D eigenvalue weighted by molar-refractivity contribution is 1.10. The zero-order valence-corrected chi connectivity index (χ0v) is 10.3. The molecule has 0 saturated heterocycles. The summed E-state index contributed by atoms with van der Waals surface area (Å²) < 4.78 is 0.894. The molecule has 0 fully saturated rings. The molecule has 0 aliphatic heterocycles. The van der Waals surface area contributed by atoms with E-state index in [4.69, 9.17) is 12.2 Å². The van der Waals surface area contributed by atoms with E-state index in [9.17, 15) is 0 Å². The molecule has 1 aromatic rings. The SMILES string of the molecule is CC/C(C)=C/C=C(\C)c1c[nH]ccc1=S. The van der Waals surface area contributed by atoms with Crippen LogP contribution >= 0.6 is 12.2 Å². The van der Waals surface area contributed by atoms with E-state index in [0.717, 1.165) is 16.5 Å². The van der Waals surface area contributed by atoms with Gasteiger partial charge in [0.1, 0.15) is 0 Å². The van der Waals surface area contributed by atoms with Crippen molar-refractivity contribution in [3.05, 3.63) is 46.3 Å². The van der Waals surface area contributed by atoms with Crippen LogP contribution in [0, 0.1) is 4.51 Å². The van der Waals surface area contributed by atoms with Crippen molar-refractivity contribution in [1.29, 1.82) is 0 Å². The fourth-order valence-electron chi connectivity index (χ4n) is 1.20. The van der Waals surface area contributed by atoms with E-state index in [-0.39, 0.29) is 0 Å². The first kappa shape index (κ1) is 11.9. The minimum absolute atomic E-state index is 0.894. The van der Waals surface area contributed by atoms with Gasteiger partial charge in [-0.25, -0.2) is 0 Å². The van der Waals surface area contributed by atoms with Crippen LogP contribution in [0.3, 0.4) is 0 Å². The fraction of sp³-hybridized carbons (Fsp3) is 0.308. The number of H-pyrrole nitrogens is 1. The molecule has 0 spiro atoms. The van der Waals surface area contributed by atoms with Crippen LogP contribution in [0.5, 0.6) is 0 Å². The Bertz CT molecular complexity index is 438. The van der Waals surface area contributed by atoms with Crippen LogP contribution in [0.4, 0.5) is 0 Å². The molecule has 1 nitrogen and oxygen atoms in total. The quantitative estimate of drug-likeness (QED) is 0.584. The second-order valence-corrected chi connectivity index (χ2v) is 4.08. The van der Waals surface area contributed by atoms with E-state index in [1.54, 1.807) is 0 Å². The van der Waals surface area contributed by atoms with Gasteiger partial charge in [0.25, 0.3) is 0 Å². The molecule has 0 unspecified atom stereocenters. The van der Waals surface area contributed by atoms with Gasteiger partial charge in [-0.3, -0.25) is 0 Å². The third-order valence-corrected chi connectivity index (χ3v) is 2.78. The summed E-state index contributed by atoms with van der Waals surface area (Å²) in [5, 5.41) is 0. The van der Waals surface area contributed by atoms with Crippen molar-refractivity contribution < 1.29 is 0 Å². The van der Waals surface area contributed by atoms with Crippen molar-refractivity contribution >= 4 is 17.8 Å². The molecule has 0 amide bonds. The Balaban J connectivity index is 3.00. The third kappa shape index (κ3) is 3.48. The minimum atomic E-state index is 0.894. The zero-order chi connectivity index (χ0) is 11.3. The van der Waals surface area contributed by atoms with Gasteiger partial charge in [0.2, 0.25) is 0 Å². The summed E-state index contributed by atoms with van der Waals surface area (Å²) in [6, 6.07) is 1.92. The normalized spacial score (nSPS) is 13.0. The number of allylic oxidation sites excluding steroid dienone is 4. The maximum atomic E-state index is 5.25. The molecule has 0 bridgehead atoms. The molecule has 2 heteroatoms. The standard InChI is InChI=1S/C13H17NS/c1-4-10(2)5-6-11(3)12-9-14-8-7-13(12)15/h5-9H,4H2,1-3H3,(H,14,15)/b10-5+,11-6+. The van der Waals surface area contributed by atoms with Gasteiger partial charge >= 0.3 is 0 Å². The predicted octanol–water partition coefficient (Wildman–Crippen LogP) is 4.50. The lowest BCUT2D eigenvalue weighted by Crippen LogP contribution is -1.82. The topological polar surface area (TPSA) is 15.8 Å². The van der Waals surface area contributed by atoms with Crippen molar-refractivity contribution in [1.82, 2.24) is 4.98 Å². The smallest absolute Gasteiger partial charge is 0.0481 e. The first-order valence-electron chi connectivity index (χ1n) is 5.16. The fourth-order valence-corrected chi connectivity index (χ4v) is 1.49. The maximum Gasteiger partial charge on any atom is 0.0481 e.